The zero-order valence-corrected chi connectivity index (χ0v) is 22.0. The normalized spacial score (nSPS) is 17.1. The molecule has 2 aliphatic rings. The van der Waals surface area contributed by atoms with E-state index >= 15 is 0 Å². The van der Waals surface area contributed by atoms with Gasteiger partial charge in [-0.1, -0.05) is 24.3 Å². The van der Waals surface area contributed by atoms with Crippen LogP contribution < -0.4 is 9.62 Å². The first-order chi connectivity index (χ1) is 18.4. The number of likely N-dealkylation sites (tertiary alicyclic amines) is 1. The van der Waals surface area contributed by atoms with Crippen molar-refractivity contribution >= 4 is 33.2 Å². The van der Waals surface area contributed by atoms with E-state index in [9.17, 15) is 31.9 Å². The highest BCUT2D eigenvalue weighted by atomic mass is 32.2. The van der Waals surface area contributed by atoms with Gasteiger partial charge < -0.3 is 14.9 Å². The van der Waals surface area contributed by atoms with Gasteiger partial charge in [-0.3, -0.25) is 14.3 Å². The molecule has 3 aromatic carbocycles. The number of hydrogen-bond donors (Lipinski definition) is 2. The van der Waals surface area contributed by atoms with Gasteiger partial charge in [-0.25, -0.2) is 17.2 Å². The summed E-state index contributed by atoms with van der Waals surface area (Å²) in [5.74, 6) is -3.47. The van der Waals surface area contributed by atoms with Crippen LogP contribution in [-0.2, 0) is 16.4 Å². The number of sulfonamides is 1. The van der Waals surface area contributed by atoms with Crippen molar-refractivity contribution in [3.05, 3.63) is 77.4 Å². The number of hydrogen-bond acceptors (Lipinski definition) is 5. The summed E-state index contributed by atoms with van der Waals surface area (Å²) in [6.07, 6.45) is 0.880. The number of piperidine rings is 1. The largest absolute Gasteiger partial charge is 0.506 e. The van der Waals surface area contributed by atoms with E-state index in [-0.39, 0.29) is 49.2 Å². The monoisotopic (exact) mass is 555 g/mol. The zero-order valence-electron chi connectivity index (χ0n) is 21.2. The van der Waals surface area contributed by atoms with Gasteiger partial charge in [0, 0.05) is 49.3 Å². The number of nitrogens with zero attached hydrogens (tertiary/aromatic N) is 2. The molecule has 2 N–H and O–H groups in total. The highest BCUT2D eigenvalue weighted by molar-refractivity contribution is 7.92. The number of rotatable bonds is 5. The molecule has 11 heteroatoms. The highest BCUT2D eigenvalue weighted by Gasteiger charge is 2.35. The lowest BCUT2D eigenvalue weighted by Crippen LogP contribution is -2.42. The average Bonchev–Trinajstić information content (AvgIpc) is 2.89. The summed E-state index contributed by atoms with van der Waals surface area (Å²) in [5, 5.41) is 10.0. The van der Waals surface area contributed by atoms with Gasteiger partial charge in [-0.15, -0.1) is 0 Å². The quantitative estimate of drug-likeness (QED) is 0.451. The molecule has 204 valence electrons. The number of alkyl halides is 2. The lowest BCUT2D eigenvalue weighted by atomic mass is 9.93. The van der Waals surface area contributed by atoms with E-state index in [1.165, 1.54) is 21.9 Å². The fraction of sp³-hybridized carbons (Fsp3) is 0.286. The molecule has 8 nitrogen and oxygen atoms in total. The van der Waals surface area contributed by atoms with Crippen molar-refractivity contribution in [1.29, 1.82) is 0 Å². The maximum atomic E-state index is 13.4. The van der Waals surface area contributed by atoms with E-state index in [0.29, 0.717) is 29.8 Å². The van der Waals surface area contributed by atoms with E-state index in [2.05, 4.69) is 4.72 Å². The summed E-state index contributed by atoms with van der Waals surface area (Å²) in [7, 11) is -3.62. The smallest absolute Gasteiger partial charge is 0.258 e. The summed E-state index contributed by atoms with van der Waals surface area (Å²) in [6.45, 7) is 0.424. The number of nitrogens with one attached hydrogen (secondary N) is 1. The predicted octanol–water partition coefficient (Wildman–Crippen LogP) is 4.50. The van der Waals surface area contributed by atoms with Gasteiger partial charge in [0.15, 0.2) is 0 Å². The van der Waals surface area contributed by atoms with Crippen molar-refractivity contribution < 1.29 is 31.9 Å². The first kappa shape index (κ1) is 26.6. The lowest BCUT2D eigenvalue weighted by Gasteiger charge is -2.31. The summed E-state index contributed by atoms with van der Waals surface area (Å²) in [5.41, 5.74) is 3.98. The van der Waals surface area contributed by atoms with Crippen molar-refractivity contribution in [3.63, 3.8) is 0 Å². The second-order valence-electron chi connectivity index (χ2n) is 9.88. The second-order valence-corrected chi connectivity index (χ2v) is 11.6. The molecular formula is C28H27F2N3O5S. The van der Waals surface area contributed by atoms with Crippen LogP contribution in [0.1, 0.15) is 39.1 Å². The first-order valence-electron chi connectivity index (χ1n) is 12.4. The van der Waals surface area contributed by atoms with Gasteiger partial charge in [-0.2, -0.15) is 0 Å². The molecule has 1 saturated heterocycles. The number of carbonyl (C=O) groups excluding carboxylic acids is 2. The number of phenols is 1. The van der Waals surface area contributed by atoms with Gasteiger partial charge in [0.1, 0.15) is 5.75 Å². The van der Waals surface area contributed by atoms with Gasteiger partial charge in [0.05, 0.1) is 11.9 Å². The number of phenolic OH excluding ortho intramolecular Hbond substituents is 1. The molecule has 5 rings (SSSR count). The minimum atomic E-state index is -3.62. The Kier molecular flexibility index (Phi) is 6.79. The molecule has 3 aromatic rings. The number of carbonyl (C=O) groups is 2. The molecule has 0 atom stereocenters. The Labute approximate surface area is 224 Å². The van der Waals surface area contributed by atoms with Crippen LogP contribution in [0.5, 0.6) is 5.75 Å². The number of halogens is 2. The van der Waals surface area contributed by atoms with Crippen molar-refractivity contribution in [2.45, 2.75) is 25.2 Å². The van der Waals surface area contributed by atoms with Crippen LogP contribution in [0.25, 0.3) is 11.1 Å². The van der Waals surface area contributed by atoms with Crippen LogP contribution in [0.4, 0.5) is 20.2 Å². The molecule has 0 aliphatic carbocycles. The van der Waals surface area contributed by atoms with Crippen molar-refractivity contribution in [3.8, 4) is 16.9 Å². The number of amides is 2. The minimum Gasteiger partial charge on any atom is -0.506 e. The maximum absolute atomic E-state index is 13.4. The Hall–Kier alpha value is -3.99. The van der Waals surface area contributed by atoms with Crippen LogP contribution in [0.2, 0.25) is 0 Å². The SMILES string of the molecule is CS(=O)(=O)Nc1cc(N2CCc3cc(-c4ccc(C(=O)N5CCC(F)(F)CC5)cc4)ccc3C2=O)ccc1O. The molecule has 2 heterocycles. The Bertz CT molecular complexity index is 1550. The Morgan fingerprint density at radius 1 is 0.949 bits per heavy atom. The molecule has 0 spiro atoms. The maximum Gasteiger partial charge on any atom is 0.258 e. The molecule has 2 amide bonds. The Balaban J connectivity index is 1.32. The molecule has 0 unspecified atom stereocenters. The fourth-order valence-electron chi connectivity index (χ4n) is 4.91. The Morgan fingerprint density at radius 2 is 1.62 bits per heavy atom. The molecule has 1 fully saturated rings. The van der Waals surface area contributed by atoms with Crippen LogP contribution in [0.15, 0.2) is 60.7 Å². The van der Waals surface area contributed by atoms with E-state index in [1.54, 1.807) is 36.4 Å². The second kappa shape index (κ2) is 9.96. The standard InChI is InChI=1S/C28H27F2N3O5S/c1-39(37,38)31-24-17-22(7-9-25(24)34)33-13-10-21-16-20(6-8-23(21)27(33)36)18-2-4-19(5-3-18)26(35)32-14-11-28(29,30)12-15-32/h2-9,16-17,31,34H,10-15H2,1H3. The average molecular weight is 556 g/mol. The van der Waals surface area contributed by atoms with Gasteiger partial charge >= 0.3 is 0 Å². The van der Waals surface area contributed by atoms with Gasteiger partial charge in [-0.05, 0) is 59.5 Å². The molecular weight excluding hydrogens is 528 g/mol. The summed E-state index contributed by atoms with van der Waals surface area (Å²) in [6, 6.07) is 16.8. The third kappa shape index (κ3) is 5.73. The van der Waals surface area contributed by atoms with Crippen LogP contribution in [0, 0.1) is 0 Å². The van der Waals surface area contributed by atoms with E-state index in [4.69, 9.17) is 0 Å². The number of benzene rings is 3. The fourth-order valence-corrected chi connectivity index (χ4v) is 5.48. The van der Waals surface area contributed by atoms with Crippen LogP contribution in [0.3, 0.4) is 0 Å². The number of fused-ring (bicyclic) bond motifs is 1. The topological polar surface area (TPSA) is 107 Å². The van der Waals surface area contributed by atoms with Gasteiger partial charge in [0.25, 0.3) is 17.7 Å². The summed E-state index contributed by atoms with van der Waals surface area (Å²) >= 11 is 0. The zero-order chi connectivity index (χ0) is 27.9. The van der Waals surface area contributed by atoms with Crippen molar-refractivity contribution in [1.82, 2.24) is 4.90 Å². The van der Waals surface area contributed by atoms with Crippen molar-refractivity contribution in [2.75, 3.05) is 35.5 Å². The Morgan fingerprint density at radius 3 is 2.28 bits per heavy atom. The molecule has 0 saturated carbocycles. The van der Waals surface area contributed by atoms with Crippen LogP contribution >= 0.6 is 0 Å². The first-order valence-corrected chi connectivity index (χ1v) is 14.3. The third-order valence-electron chi connectivity index (χ3n) is 7.02. The van der Waals surface area contributed by atoms with E-state index < -0.39 is 15.9 Å². The summed E-state index contributed by atoms with van der Waals surface area (Å²) in [4.78, 5) is 29.0. The number of aromatic hydroxyl groups is 1. The van der Waals surface area contributed by atoms with E-state index in [0.717, 1.165) is 22.9 Å². The van der Waals surface area contributed by atoms with Crippen LogP contribution in [-0.4, -0.2) is 62.1 Å². The predicted molar refractivity (Wildman–Crippen MR) is 144 cm³/mol. The molecule has 39 heavy (non-hydrogen) atoms. The minimum absolute atomic E-state index is 0.0101. The molecule has 0 bridgehead atoms. The highest BCUT2D eigenvalue weighted by Crippen LogP contribution is 2.34. The summed E-state index contributed by atoms with van der Waals surface area (Å²) < 4.78 is 52.3. The molecule has 0 aromatic heterocycles. The van der Waals surface area contributed by atoms with E-state index in [1.807, 2.05) is 12.1 Å². The van der Waals surface area contributed by atoms with Gasteiger partial charge in [0.2, 0.25) is 10.0 Å². The number of anilines is 2. The third-order valence-corrected chi connectivity index (χ3v) is 7.61. The molecule has 0 radical (unpaired) electrons. The van der Waals surface area contributed by atoms with Crippen molar-refractivity contribution in [2.24, 2.45) is 0 Å². The molecule has 2 aliphatic heterocycles. The lowest BCUT2D eigenvalue weighted by molar-refractivity contribution is -0.0494.